The fourth-order valence-corrected chi connectivity index (χ4v) is 2.80. The highest BCUT2D eigenvalue weighted by Gasteiger charge is 2.14. The van der Waals surface area contributed by atoms with E-state index in [1.54, 1.807) is 6.20 Å². The summed E-state index contributed by atoms with van der Waals surface area (Å²) in [6.07, 6.45) is 3.14. The van der Waals surface area contributed by atoms with Crippen LogP contribution in [0.5, 0.6) is 0 Å². The second-order valence-electron chi connectivity index (χ2n) is 5.13. The number of nitrogens with zero attached hydrogens (tertiary/aromatic N) is 1. The van der Waals surface area contributed by atoms with Crippen LogP contribution >= 0.6 is 11.6 Å². The van der Waals surface area contributed by atoms with Crippen LogP contribution in [0.2, 0.25) is 5.02 Å². The maximum Gasteiger partial charge on any atom is 0.303 e. The van der Waals surface area contributed by atoms with Gasteiger partial charge in [-0.25, -0.2) is 0 Å². The second kappa shape index (κ2) is 6.20. The van der Waals surface area contributed by atoms with E-state index in [2.05, 4.69) is 9.97 Å². The van der Waals surface area contributed by atoms with Gasteiger partial charge in [0.1, 0.15) is 0 Å². The number of benzene rings is 1. The third kappa shape index (κ3) is 2.97. The Morgan fingerprint density at radius 2 is 2.14 bits per heavy atom. The first kappa shape index (κ1) is 14.6. The van der Waals surface area contributed by atoms with Gasteiger partial charge < -0.3 is 10.1 Å². The highest BCUT2D eigenvalue weighted by Crippen LogP contribution is 2.32. The predicted octanol–water partition coefficient (Wildman–Crippen LogP) is 4.29. The van der Waals surface area contributed by atoms with Crippen LogP contribution in [0.1, 0.15) is 18.4 Å². The van der Waals surface area contributed by atoms with E-state index >= 15 is 0 Å². The van der Waals surface area contributed by atoms with Crippen molar-refractivity contribution in [2.75, 3.05) is 0 Å². The van der Waals surface area contributed by atoms with Crippen LogP contribution in [0.4, 0.5) is 0 Å². The first-order chi connectivity index (χ1) is 10.6. The SMILES string of the molecule is O=C(O)CCCc1c(-c2ccccn2)[nH]c2ccc(Cl)cc12. The molecule has 2 N–H and O–H groups in total. The number of carbonyl (C=O) groups is 1. The zero-order valence-electron chi connectivity index (χ0n) is 11.8. The largest absolute Gasteiger partial charge is 0.481 e. The van der Waals surface area contributed by atoms with E-state index in [-0.39, 0.29) is 6.42 Å². The monoisotopic (exact) mass is 314 g/mol. The lowest BCUT2D eigenvalue weighted by molar-refractivity contribution is -0.137. The van der Waals surface area contributed by atoms with E-state index in [0.29, 0.717) is 17.9 Å². The fourth-order valence-electron chi connectivity index (χ4n) is 2.63. The first-order valence-electron chi connectivity index (χ1n) is 7.08. The molecule has 0 saturated heterocycles. The number of hydrogen-bond acceptors (Lipinski definition) is 2. The van der Waals surface area contributed by atoms with Gasteiger partial charge in [0.25, 0.3) is 0 Å². The Balaban J connectivity index is 2.07. The van der Waals surface area contributed by atoms with Gasteiger partial charge in [-0.15, -0.1) is 0 Å². The van der Waals surface area contributed by atoms with Gasteiger partial charge in [-0.3, -0.25) is 9.78 Å². The van der Waals surface area contributed by atoms with Crippen molar-refractivity contribution in [1.29, 1.82) is 0 Å². The van der Waals surface area contributed by atoms with Gasteiger partial charge in [-0.1, -0.05) is 17.7 Å². The minimum Gasteiger partial charge on any atom is -0.481 e. The molecule has 3 aromatic rings. The van der Waals surface area contributed by atoms with E-state index in [0.717, 1.165) is 27.9 Å². The highest BCUT2D eigenvalue weighted by atomic mass is 35.5. The molecule has 0 aliphatic carbocycles. The highest BCUT2D eigenvalue weighted by molar-refractivity contribution is 6.31. The molecule has 0 bridgehead atoms. The lowest BCUT2D eigenvalue weighted by Crippen LogP contribution is -1.97. The third-order valence-electron chi connectivity index (χ3n) is 3.61. The molecule has 0 aliphatic heterocycles. The molecule has 112 valence electrons. The Kier molecular flexibility index (Phi) is 4.11. The summed E-state index contributed by atoms with van der Waals surface area (Å²) in [5.74, 6) is -0.780. The molecule has 0 radical (unpaired) electrons. The number of fused-ring (bicyclic) bond motifs is 1. The lowest BCUT2D eigenvalue weighted by atomic mass is 10.0. The van der Waals surface area contributed by atoms with Crippen LogP contribution < -0.4 is 0 Å². The number of rotatable bonds is 5. The molecule has 3 rings (SSSR count). The number of hydrogen-bond donors (Lipinski definition) is 2. The average Bonchev–Trinajstić information content (AvgIpc) is 2.86. The van der Waals surface area contributed by atoms with Crippen molar-refractivity contribution >= 4 is 28.5 Å². The van der Waals surface area contributed by atoms with Crippen LogP contribution in [0.15, 0.2) is 42.6 Å². The number of aromatic amines is 1. The molecular weight excluding hydrogens is 300 g/mol. The number of halogens is 1. The molecular formula is C17H15ClN2O2. The molecule has 5 heteroatoms. The summed E-state index contributed by atoms with van der Waals surface area (Å²) in [6, 6.07) is 11.4. The molecule has 0 aliphatic rings. The molecule has 0 saturated carbocycles. The summed E-state index contributed by atoms with van der Waals surface area (Å²) < 4.78 is 0. The van der Waals surface area contributed by atoms with Gasteiger partial charge in [0.2, 0.25) is 0 Å². The number of H-pyrrole nitrogens is 1. The molecule has 0 atom stereocenters. The van der Waals surface area contributed by atoms with Crippen molar-refractivity contribution in [2.24, 2.45) is 0 Å². The van der Waals surface area contributed by atoms with Gasteiger partial charge in [0.05, 0.1) is 11.4 Å². The van der Waals surface area contributed by atoms with Crippen molar-refractivity contribution in [2.45, 2.75) is 19.3 Å². The van der Waals surface area contributed by atoms with Crippen molar-refractivity contribution in [3.05, 3.63) is 53.2 Å². The van der Waals surface area contributed by atoms with E-state index in [1.165, 1.54) is 0 Å². The molecule has 0 spiro atoms. The van der Waals surface area contributed by atoms with Gasteiger partial charge in [0.15, 0.2) is 0 Å². The lowest BCUT2D eigenvalue weighted by Gasteiger charge is -2.04. The van der Waals surface area contributed by atoms with Gasteiger partial charge in [-0.2, -0.15) is 0 Å². The number of aromatic nitrogens is 2. The quantitative estimate of drug-likeness (QED) is 0.738. The van der Waals surface area contributed by atoms with E-state index < -0.39 is 5.97 Å². The molecule has 2 heterocycles. The smallest absolute Gasteiger partial charge is 0.303 e. The normalized spacial score (nSPS) is 11.0. The van der Waals surface area contributed by atoms with Gasteiger partial charge in [0, 0.05) is 28.5 Å². The second-order valence-corrected chi connectivity index (χ2v) is 5.57. The van der Waals surface area contributed by atoms with Crippen molar-refractivity contribution in [3.63, 3.8) is 0 Å². The predicted molar refractivity (Wildman–Crippen MR) is 87.1 cm³/mol. The molecule has 1 aromatic carbocycles. The summed E-state index contributed by atoms with van der Waals surface area (Å²) in [4.78, 5) is 18.5. The summed E-state index contributed by atoms with van der Waals surface area (Å²) >= 11 is 6.11. The standard InChI is InChI=1S/C17H15ClN2O2/c18-11-7-8-14-13(10-11)12(4-3-6-16(21)22)17(20-14)15-5-1-2-9-19-15/h1-2,5,7-10,20H,3-4,6H2,(H,21,22). The number of pyridine rings is 1. The van der Waals surface area contributed by atoms with Crippen LogP contribution in [0.3, 0.4) is 0 Å². The summed E-state index contributed by atoms with van der Waals surface area (Å²) in [5.41, 5.74) is 3.83. The molecule has 0 unspecified atom stereocenters. The van der Waals surface area contributed by atoms with Crippen molar-refractivity contribution in [1.82, 2.24) is 9.97 Å². The third-order valence-corrected chi connectivity index (χ3v) is 3.84. The summed E-state index contributed by atoms with van der Waals surface area (Å²) in [6.45, 7) is 0. The van der Waals surface area contributed by atoms with Crippen LogP contribution in [0, 0.1) is 0 Å². The van der Waals surface area contributed by atoms with Crippen LogP contribution in [0.25, 0.3) is 22.3 Å². The number of carboxylic acid groups (broad SMARTS) is 1. The van der Waals surface area contributed by atoms with Crippen molar-refractivity contribution in [3.8, 4) is 11.4 Å². The Morgan fingerprint density at radius 3 is 2.86 bits per heavy atom. The Hall–Kier alpha value is -2.33. The van der Waals surface area contributed by atoms with E-state index in [9.17, 15) is 4.79 Å². The number of aryl methyl sites for hydroxylation is 1. The fraction of sp³-hybridized carbons (Fsp3) is 0.176. The molecule has 0 amide bonds. The Labute approximate surface area is 132 Å². The van der Waals surface area contributed by atoms with Crippen LogP contribution in [-0.2, 0) is 11.2 Å². The Morgan fingerprint density at radius 1 is 1.27 bits per heavy atom. The van der Waals surface area contributed by atoms with Gasteiger partial charge in [-0.05, 0) is 48.7 Å². The van der Waals surface area contributed by atoms with E-state index in [1.807, 2.05) is 36.4 Å². The summed E-state index contributed by atoms with van der Waals surface area (Å²) in [7, 11) is 0. The minimum absolute atomic E-state index is 0.148. The van der Waals surface area contributed by atoms with Gasteiger partial charge >= 0.3 is 5.97 Å². The van der Waals surface area contributed by atoms with Crippen molar-refractivity contribution < 1.29 is 9.90 Å². The number of aliphatic carboxylic acids is 1. The first-order valence-corrected chi connectivity index (χ1v) is 7.46. The zero-order valence-corrected chi connectivity index (χ0v) is 12.6. The maximum absolute atomic E-state index is 10.8. The molecule has 2 aromatic heterocycles. The maximum atomic E-state index is 10.8. The number of nitrogens with one attached hydrogen (secondary N) is 1. The van der Waals surface area contributed by atoms with E-state index in [4.69, 9.17) is 16.7 Å². The minimum atomic E-state index is -0.780. The van der Waals surface area contributed by atoms with Crippen LogP contribution in [-0.4, -0.2) is 21.0 Å². The Bertz CT molecular complexity index is 812. The summed E-state index contributed by atoms with van der Waals surface area (Å²) in [5, 5.41) is 10.5. The molecule has 22 heavy (non-hydrogen) atoms. The zero-order chi connectivity index (χ0) is 15.5. The average molecular weight is 315 g/mol. The number of carboxylic acids is 1. The topological polar surface area (TPSA) is 66.0 Å². The molecule has 0 fully saturated rings. The molecule has 4 nitrogen and oxygen atoms in total.